The molecule has 0 saturated carbocycles. The molecule has 0 aliphatic carbocycles. The van der Waals surface area contributed by atoms with Crippen molar-refractivity contribution in [2.45, 2.75) is 13.1 Å². The monoisotopic (exact) mass is 353 g/mol. The molecule has 1 saturated heterocycles. The van der Waals surface area contributed by atoms with Crippen molar-refractivity contribution in [3.63, 3.8) is 0 Å². The van der Waals surface area contributed by atoms with E-state index in [0.29, 0.717) is 6.54 Å². The molecule has 26 heavy (non-hydrogen) atoms. The maximum atomic E-state index is 14.1. The molecular formula is C20H24FN5. The van der Waals surface area contributed by atoms with Crippen LogP contribution in [0.5, 0.6) is 0 Å². The van der Waals surface area contributed by atoms with Crippen molar-refractivity contribution < 1.29 is 4.39 Å². The highest BCUT2D eigenvalue weighted by atomic mass is 19.1. The molecule has 0 atom stereocenters. The van der Waals surface area contributed by atoms with Gasteiger partial charge in [-0.2, -0.15) is 5.10 Å². The standard InChI is InChI=1S/C20H24FN5/c1-25-4-6-26(7-5-25)19-10-16(9-18(21)11-19)13-22-12-15-2-3-20-17(8-15)14-23-24-20/h2-3,8-11,14,22H,4-7,12-13H2,1H3,(H,23,24). The van der Waals surface area contributed by atoms with Crippen LogP contribution in [0.3, 0.4) is 0 Å². The number of aromatic amines is 1. The molecule has 2 N–H and O–H groups in total. The first-order valence-corrected chi connectivity index (χ1v) is 9.03. The fourth-order valence-corrected chi connectivity index (χ4v) is 3.44. The zero-order chi connectivity index (χ0) is 17.9. The van der Waals surface area contributed by atoms with E-state index < -0.39 is 0 Å². The maximum absolute atomic E-state index is 14.1. The van der Waals surface area contributed by atoms with Crippen molar-refractivity contribution in [1.82, 2.24) is 20.4 Å². The molecule has 1 aliphatic rings. The van der Waals surface area contributed by atoms with Gasteiger partial charge in [0.1, 0.15) is 5.82 Å². The molecule has 6 heteroatoms. The van der Waals surface area contributed by atoms with Gasteiger partial charge in [0.15, 0.2) is 0 Å². The van der Waals surface area contributed by atoms with Crippen molar-refractivity contribution in [2.24, 2.45) is 0 Å². The van der Waals surface area contributed by atoms with E-state index in [4.69, 9.17) is 0 Å². The first-order valence-electron chi connectivity index (χ1n) is 9.03. The lowest BCUT2D eigenvalue weighted by Crippen LogP contribution is -2.44. The van der Waals surface area contributed by atoms with E-state index in [9.17, 15) is 4.39 Å². The third kappa shape index (κ3) is 3.86. The smallest absolute Gasteiger partial charge is 0.125 e. The lowest BCUT2D eigenvalue weighted by atomic mass is 10.1. The van der Waals surface area contributed by atoms with E-state index in [1.807, 2.05) is 12.3 Å². The molecule has 4 rings (SSSR count). The van der Waals surface area contributed by atoms with Crippen LogP contribution in [0.25, 0.3) is 10.9 Å². The van der Waals surface area contributed by atoms with Crippen molar-refractivity contribution in [3.8, 4) is 0 Å². The van der Waals surface area contributed by atoms with Crippen LogP contribution in [0.2, 0.25) is 0 Å². The fourth-order valence-electron chi connectivity index (χ4n) is 3.44. The van der Waals surface area contributed by atoms with E-state index in [0.717, 1.165) is 54.9 Å². The molecule has 1 aromatic heterocycles. The Morgan fingerprint density at radius 1 is 1.04 bits per heavy atom. The van der Waals surface area contributed by atoms with Crippen molar-refractivity contribution in [2.75, 3.05) is 38.1 Å². The Morgan fingerprint density at radius 3 is 2.69 bits per heavy atom. The van der Waals surface area contributed by atoms with Crippen molar-refractivity contribution >= 4 is 16.6 Å². The van der Waals surface area contributed by atoms with Crippen LogP contribution in [0, 0.1) is 5.82 Å². The van der Waals surface area contributed by atoms with Crippen LogP contribution >= 0.6 is 0 Å². The zero-order valence-electron chi connectivity index (χ0n) is 15.0. The SMILES string of the molecule is CN1CCN(c2cc(F)cc(CNCc3ccc4[nH]ncc4c3)c2)CC1. The van der Waals surface area contributed by atoms with Gasteiger partial charge >= 0.3 is 0 Å². The third-order valence-corrected chi connectivity index (χ3v) is 4.97. The summed E-state index contributed by atoms with van der Waals surface area (Å²) in [5, 5.41) is 11.5. The molecule has 0 spiro atoms. The number of aromatic nitrogens is 2. The number of H-pyrrole nitrogens is 1. The number of hydrogen-bond acceptors (Lipinski definition) is 4. The van der Waals surface area contributed by atoms with Gasteiger partial charge in [0.05, 0.1) is 11.7 Å². The second kappa shape index (κ2) is 7.43. The summed E-state index contributed by atoms with van der Waals surface area (Å²) < 4.78 is 14.1. The van der Waals surface area contributed by atoms with Gasteiger partial charge in [0.2, 0.25) is 0 Å². The summed E-state index contributed by atoms with van der Waals surface area (Å²) in [6, 6.07) is 11.6. The minimum absolute atomic E-state index is 0.168. The number of anilines is 1. The topological polar surface area (TPSA) is 47.2 Å². The minimum Gasteiger partial charge on any atom is -0.369 e. The molecule has 0 unspecified atom stereocenters. The first kappa shape index (κ1) is 17.0. The molecule has 0 bridgehead atoms. The predicted molar refractivity (Wildman–Crippen MR) is 103 cm³/mol. The zero-order valence-corrected chi connectivity index (χ0v) is 15.0. The number of piperazine rings is 1. The fraction of sp³-hybridized carbons (Fsp3) is 0.350. The summed E-state index contributed by atoms with van der Waals surface area (Å²) in [4.78, 5) is 4.56. The number of nitrogens with zero attached hydrogens (tertiary/aromatic N) is 3. The predicted octanol–water partition coefficient (Wildman–Crippen LogP) is 2.74. The summed E-state index contributed by atoms with van der Waals surface area (Å²) in [7, 11) is 2.12. The van der Waals surface area contributed by atoms with E-state index in [1.54, 1.807) is 12.1 Å². The molecule has 2 aromatic carbocycles. The Bertz CT molecular complexity index is 883. The quantitative estimate of drug-likeness (QED) is 0.740. The van der Waals surface area contributed by atoms with E-state index in [-0.39, 0.29) is 5.82 Å². The van der Waals surface area contributed by atoms with Gasteiger partial charge in [-0.3, -0.25) is 5.10 Å². The van der Waals surface area contributed by atoms with Crippen molar-refractivity contribution in [3.05, 3.63) is 59.5 Å². The van der Waals surface area contributed by atoms with Gasteiger partial charge in [-0.25, -0.2) is 4.39 Å². The van der Waals surface area contributed by atoms with Crippen LogP contribution in [0.1, 0.15) is 11.1 Å². The van der Waals surface area contributed by atoms with Gasteiger partial charge in [0.25, 0.3) is 0 Å². The van der Waals surface area contributed by atoms with Gasteiger partial charge in [-0.05, 0) is 48.5 Å². The van der Waals surface area contributed by atoms with Gasteiger partial charge in [-0.1, -0.05) is 6.07 Å². The highest BCUT2D eigenvalue weighted by Crippen LogP contribution is 2.20. The Balaban J connectivity index is 1.39. The van der Waals surface area contributed by atoms with E-state index >= 15 is 0 Å². The van der Waals surface area contributed by atoms with E-state index in [2.05, 4.69) is 50.6 Å². The Labute approximate surface area is 152 Å². The molecule has 2 heterocycles. The number of nitrogens with one attached hydrogen (secondary N) is 2. The highest BCUT2D eigenvalue weighted by molar-refractivity contribution is 5.78. The molecule has 0 amide bonds. The Hall–Kier alpha value is -2.44. The molecule has 1 aliphatic heterocycles. The summed E-state index contributed by atoms with van der Waals surface area (Å²) in [5.74, 6) is -0.168. The maximum Gasteiger partial charge on any atom is 0.125 e. The lowest BCUT2D eigenvalue weighted by Gasteiger charge is -2.34. The third-order valence-electron chi connectivity index (χ3n) is 4.97. The normalized spacial score (nSPS) is 15.7. The summed E-state index contributed by atoms with van der Waals surface area (Å²) >= 11 is 0. The van der Waals surface area contributed by atoms with Crippen LogP contribution < -0.4 is 10.2 Å². The first-order chi connectivity index (χ1) is 12.7. The summed E-state index contributed by atoms with van der Waals surface area (Å²) in [5.41, 5.74) is 4.18. The molecular weight excluding hydrogens is 329 g/mol. The average molecular weight is 353 g/mol. The Kier molecular flexibility index (Phi) is 4.86. The number of hydrogen-bond donors (Lipinski definition) is 2. The second-order valence-electron chi connectivity index (χ2n) is 7.00. The lowest BCUT2D eigenvalue weighted by molar-refractivity contribution is 0.312. The van der Waals surface area contributed by atoms with Gasteiger partial charge < -0.3 is 15.1 Å². The number of likely N-dealkylation sites (N-methyl/N-ethyl adjacent to an activating group) is 1. The largest absolute Gasteiger partial charge is 0.369 e. The number of halogens is 1. The Morgan fingerprint density at radius 2 is 1.85 bits per heavy atom. The average Bonchev–Trinajstić information content (AvgIpc) is 3.10. The number of benzene rings is 2. The molecule has 5 nitrogen and oxygen atoms in total. The second-order valence-corrected chi connectivity index (χ2v) is 7.00. The minimum atomic E-state index is -0.168. The highest BCUT2D eigenvalue weighted by Gasteiger charge is 2.15. The van der Waals surface area contributed by atoms with Crippen LogP contribution in [-0.4, -0.2) is 48.3 Å². The summed E-state index contributed by atoms with van der Waals surface area (Å²) in [6.07, 6.45) is 1.83. The van der Waals surface area contributed by atoms with Crippen LogP contribution in [0.15, 0.2) is 42.6 Å². The number of fused-ring (bicyclic) bond motifs is 1. The molecule has 0 radical (unpaired) electrons. The van der Waals surface area contributed by atoms with Gasteiger partial charge in [-0.15, -0.1) is 0 Å². The van der Waals surface area contributed by atoms with Crippen molar-refractivity contribution in [1.29, 1.82) is 0 Å². The van der Waals surface area contributed by atoms with E-state index in [1.165, 1.54) is 5.56 Å². The van der Waals surface area contributed by atoms with Crippen LogP contribution in [0.4, 0.5) is 10.1 Å². The molecule has 1 fully saturated rings. The molecule has 136 valence electrons. The number of rotatable bonds is 5. The molecule has 3 aromatic rings. The van der Waals surface area contributed by atoms with Gasteiger partial charge in [0, 0.05) is 50.3 Å². The van der Waals surface area contributed by atoms with Crippen LogP contribution in [-0.2, 0) is 13.1 Å². The summed E-state index contributed by atoms with van der Waals surface area (Å²) in [6.45, 7) is 5.29.